The number of benzene rings is 1. The van der Waals surface area contributed by atoms with Gasteiger partial charge in [-0.1, -0.05) is 18.2 Å². The van der Waals surface area contributed by atoms with E-state index in [1.165, 1.54) is 10.1 Å². The molecule has 2 N–H and O–H groups in total. The van der Waals surface area contributed by atoms with Gasteiger partial charge in [-0.25, -0.2) is 4.79 Å². The lowest BCUT2D eigenvalue weighted by Crippen LogP contribution is -2.44. The first-order valence-electron chi connectivity index (χ1n) is 8.51. The summed E-state index contributed by atoms with van der Waals surface area (Å²) in [5.74, 6) is -0.688. The summed E-state index contributed by atoms with van der Waals surface area (Å²) in [6.45, 7) is 1.72. The van der Waals surface area contributed by atoms with E-state index >= 15 is 0 Å². The van der Waals surface area contributed by atoms with Crippen molar-refractivity contribution < 1.29 is 9.59 Å². The highest BCUT2D eigenvalue weighted by Crippen LogP contribution is 2.30. The highest BCUT2D eigenvalue weighted by Gasteiger charge is 2.31. The van der Waals surface area contributed by atoms with Crippen molar-refractivity contribution in [3.8, 4) is 0 Å². The third-order valence-corrected chi connectivity index (χ3v) is 5.03. The van der Waals surface area contributed by atoms with Crippen LogP contribution in [0.25, 0.3) is 16.6 Å². The number of fused-ring (bicyclic) bond motifs is 1. The fourth-order valence-electron chi connectivity index (χ4n) is 3.79. The average Bonchev–Trinajstić information content (AvgIpc) is 2.87. The van der Waals surface area contributed by atoms with Crippen LogP contribution in [0.5, 0.6) is 0 Å². The summed E-state index contributed by atoms with van der Waals surface area (Å²) >= 11 is 0. The van der Waals surface area contributed by atoms with Gasteiger partial charge in [0.2, 0.25) is 11.8 Å². The lowest BCUT2D eigenvalue weighted by Gasteiger charge is -2.22. The van der Waals surface area contributed by atoms with Gasteiger partial charge in [0.1, 0.15) is 6.04 Å². The van der Waals surface area contributed by atoms with Crippen molar-refractivity contribution in [1.82, 2.24) is 19.8 Å². The maximum Gasteiger partial charge on any atom is 0.329 e. The zero-order valence-electron chi connectivity index (χ0n) is 14.0. The molecule has 1 aromatic heterocycles. The molecular formula is C18H20N4O3. The van der Waals surface area contributed by atoms with Gasteiger partial charge >= 0.3 is 5.69 Å². The Morgan fingerprint density at radius 3 is 2.72 bits per heavy atom. The van der Waals surface area contributed by atoms with Crippen molar-refractivity contribution in [3.63, 3.8) is 0 Å². The summed E-state index contributed by atoms with van der Waals surface area (Å²) in [4.78, 5) is 36.6. The van der Waals surface area contributed by atoms with Gasteiger partial charge in [0.05, 0.1) is 11.0 Å². The molecule has 2 aliphatic heterocycles. The van der Waals surface area contributed by atoms with Crippen molar-refractivity contribution in [2.45, 2.75) is 25.3 Å². The van der Waals surface area contributed by atoms with Crippen LogP contribution in [-0.4, -0.2) is 34.0 Å². The maximum absolute atomic E-state index is 12.9. The quantitative estimate of drug-likeness (QED) is 0.788. The smallest absolute Gasteiger partial charge is 0.313 e. The number of hydrogen-bond donors (Lipinski definition) is 2. The molecule has 25 heavy (non-hydrogen) atoms. The maximum atomic E-state index is 12.9. The molecule has 0 aliphatic carbocycles. The highest BCUT2D eigenvalue weighted by atomic mass is 16.2. The summed E-state index contributed by atoms with van der Waals surface area (Å²) in [7, 11) is 1.73. The number of nitrogens with one attached hydrogen (secondary N) is 2. The van der Waals surface area contributed by atoms with E-state index in [9.17, 15) is 14.4 Å². The lowest BCUT2D eigenvalue weighted by atomic mass is 9.98. The van der Waals surface area contributed by atoms with Gasteiger partial charge in [-0.2, -0.15) is 0 Å². The molecular weight excluding hydrogens is 320 g/mol. The number of imide groups is 1. The fraction of sp³-hybridized carbons (Fsp3) is 0.389. The molecule has 7 nitrogen and oxygen atoms in total. The number of carbonyl (C=O) groups excluding carboxylic acids is 2. The molecule has 0 spiro atoms. The van der Waals surface area contributed by atoms with Crippen LogP contribution in [-0.2, 0) is 16.6 Å². The molecule has 1 unspecified atom stereocenters. The van der Waals surface area contributed by atoms with Crippen LogP contribution < -0.4 is 16.3 Å². The highest BCUT2D eigenvalue weighted by molar-refractivity contribution is 6.00. The summed E-state index contributed by atoms with van der Waals surface area (Å²) in [5, 5.41) is 5.63. The Balaban J connectivity index is 1.91. The standard InChI is InChI=1S/C18H20N4O3/c1-21-16-12(11-7-9-19-10-8-11)3-2-4-13(16)22(18(21)25)14-5-6-15(23)20-17(14)24/h2-4,7,14,19H,5-6,8-10H2,1H3,(H,20,23,24). The van der Waals surface area contributed by atoms with Crippen LogP contribution in [0.15, 0.2) is 29.1 Å². The van der Waals surface area contributed by atoms with E-state index in [4.69, 9.17) is 0 Å². The summed E-state index contributed by atoms with van der Waals surface area (Å²) < 4.78 is 3.14. The molecule has 1 atom stereocenters. The van der Waals surface area contributed by atoms with Crippen LogP contribution in [0, 0.1) is 0 Å². The van der Waals surface area contributed by atoms with Crippen molar-refractivity contribution in [3.05, 3.63) is 40.3 Å². The van der Waals surface area contributed by atoms with E-state index in [0.717, 1.165) is 36.1 Å². The molecule has 3 heterocycles. The zero-order valence-corrected chi connectivity index (χ0v) is 14.0. The Kier molecular flexibility index (Phi) is 3.80. The van der Waals surface area contributed by atoms with Crippen molar-refractivity contribution >= 4 is 28.4 Å². The number of rotatable bonds is 2. The predicted octanol–water partition coefficient (Wildman–Crippen LogP) is 0.694. The minimum absolute atomic E-state index is 0.230. The van der Waals surface area contributed by atoms with Gasteiger partial charge in [-0.05, 0) is 31.0 Å². The molecule has 4 rings (SSSR count). The first kappa shape index (κ1) is 15.8. The van der Waals surface area contributed by atoms with E-state index in [-0.39, 0.29) is 18.0 Å². The van der Waals surface area contributed by atoms with Gasteiger partial charge < -0.3 is 5.32 Å². The first-order valence-corrected chi connectivity index (χ1v) is 8.51. The molecule has 2 aromatic rings. The van der Waals surface area contributed by atoms with Crippen molar-refractivity contribution in [2.75, 3.05) is 13.1 Å². The van der Waals surface area contributed by atoms with Gasteiger partial charge in [-0.3, -0.25) is 24.0 Å². The zero-order chi connectivity index (χ0) is 17.6. The monoisotopic (exact) mass is 340 g/mol. The van der Waals surface area contributed by atoms with Crippen LogP contribution >= 0.6 is 0 Å². The average molecular weight is 340 g/mol. The molecule has 7 heteroatoms. The number of carbonyl (C=O) groups is 2. The summed E-state index contributed by atoms with van der Waals surface area (Å²) in [6, 6.07) is 5.16. The minimum atomic E-state index is -0.647. The molecule has 2 amide bonds. The van der Waals surface area contributed by atoms with Gasteiger partial charge in [0.25, 0.3) is 0 Å². The van der Waals surface area contributed by atoms with E-state index in [2.05, 4.69) is 16.7 Å². The number of aryl methyl sites for hydroxylation is 1. The van der Waals surface area contributed by atoms with E-state index in [1.807, 2.05) is 18.2 Å². The molecule has 1 aromatic carbocycles. The summed E-state index contributed by atoms with van der Waals surface area (Å²) in [6.07, 6.45) is 3.64. The van der Waals surface area contributed by atoms with Gasteiger partial charge in [0.15, 0.2) is 0 Å². The van der Waals surface area contributed by atoms with E-state index < -0.39 is 11.9 Å². The second-order valence-corrected chi connectivity index (χ2v) is 6.54. The van der Waals surface area contributed by atoms with E-state index in [1.54, 1.807) is 11.6 Å². The second-order valence-electron chi connectivity index (χ2n) is 6.54. The number of para-hydroxylation sites is 1. The molecule has 130 valence electrons. The Morgan fingerprint density at radius 2 is 2.00 bits per heavy atom. The molecule has 0 bridgehead atoms. The Labute approximate surface area is 144 Å². The predicted molar refractivity (Wildman–Crippen MR) is 94.1 cm³/mol. The number of aromatic nitrogens is 2. The normalized spacial score (nSPS) is 21.3. The van der Waals surface area contributed by atoms with Crippen molar-refractivity contribution in [2.24, 2.45) is 7.05 Å². The molecule has 2 aliphatic rings. The number of piperidine rings is 1. The van der Waals surface area contributed by atoms with Gasteiger partial charge in [-0.15, -0.1) is 0 Å². The molecule has 0 radical (unpaired) electrons. The van der Waals surface area contributed by atoms with Crippen molar-refractivity contribution in [1.29, 1.82) is 0 Å². The Morgan fingerprint density at radius 1 is 1.16 bits per heavy atom. The van der Waals surface area contributed by atoms with Crippen LogP contribution in [0.1, 0.15) is 30.9 Å². The third-order valence-electron chi connectivity index (χ3n) is 5.03. The molecule has 0 saturated carbocycles. The minimum Gasteiger partial charge on any atom is -0.313 e. The van der Waals surface area contributed by atoms with Crippen LogP contribution in [0.4, 0.5) is 0 Å². The number of hydrogen-bond acceptors (Lipinski definition) is 4. The first-order chi connectivity index (χ1) is 12.1. The van der Waals surface area contributed by atoms with Crippen LogP contribution in [0.3, 0.4) is 0 Å². The largest absolute Gasteiger partial charge is 0.329 e. The SMILES string of the molecule is Cn1c(=O)n(C2CCC(=O)NC2=O)c2cccc(C3=CCNCC3)c21. The van der Waals surface area contributed by atoms with Gasteiger partial charge in [0, 0.05) is 25.6 Å². The molecule has 1 saturated heterocycles. The molecule has 1 fully saturated rings. The number of imidazole rings is 1. The lowest BCUT2D eigenvalue weighted by molar-refractivity contribution is -0.135. The second kappa shape index (κ2) is 6.00. The summed E-state index contributed by atoms with van der Waals surface area (Å²) in [5.41, 5.74) is 3.58. The number of nitrogens with zero attached hydrogens (tertiary/aromatic N) is 2. The van der Waals surface area contributed by atoms with Crippen LogP contribution in [0.2, 0.25) is 0 Å². The topological polar surface area (TPSA) is 85.1 Å². The fourth-order valence-corrected chi connectivity index (χ4v) is 3.79. The third kappa shape index (κ3) is 2.51. The van der Waals surface area contributed by atoms with E-state index in [0.29, 0.717) is 6.42 Å². The Bertz CT molecular complexity index is 967. The number of amides is 2. The Hall–Kier alpha value is -2.67.